The molecule has 0 radical (unpaired) electrons. The molecule has 0 aromatic heterocycles. The normalized spacial score (nSPS) is 18.5. The van der Waals surface area contributed by atoms with E-state index in [1.807, 2.05) is 0 Å². The maximum atomic E-state index is 12.0. The molecule has 2 aromatic carbocycles. The topological polar surface area (TPSA) is 50.4 Å². The number of hydrogen-bond donors (Lipinski definition) is 2. The molecule has 0 spiro atoms. The van der Waals surface area contributed by atoms with Crippen LogP contribution < -0.4 is 15.4 Å². The summed E-state index contributed by atoms with van der Waals surface area (Å²) in [6, 6.07) is 12.8. The summed E-state index contributed by atoms with van der Waals surface area (Å²) in [6.45, 7) is 3.23. The maximum Gasteiger partial charge on any atom is 0.176 e. The number of carbonyl (C=O) groups is 1. The average molecular weight is 379 g/mol. The number of benzene rings is 2. The first-order valence-corrected chi connectivity index (χ1v) is 10.5. The summed E-state index contributed by atoms with van der Waals surface area (Å²) in [5.74, 6) is 1.88. The summed E-state index contributed by atoms with van der Waals surface area (Å²) in [6.07, 6.45) is 5.77. The lowest BCUT2D eigenvalue weighted by atomic mass is 9.80. The molecule has 1 atom stereocenters. The van der Waals surface area contributed by atoms with Gasteiger partial charge >= 0.3 is 0 Å². The second-order valence-corrected chi connectivity index (χ2v) is 7.92. The van der Waals surface area contributed by atoms with E-state index in [1.54, 1.807) is 7.11 Å². The van der Waals surface area contributed by atoms with Gasteiger partial charge in [0.1, 0.15) is 5.75 Å². The standard InChI is InChI=1S/C24H30N2O2/c1-28-24-7-3-5-20-18(4-2-6-21(20)24)11-13-25-12-10-17-8-9-19-15-26-16-23(27)22(19)14-17/h3,5,7-9,14,18,25-26H,2,4,6,10-13,15-16H2,1H3. The van der Waals surface area contributed by atoms with Gasteiger partial charge in [-0.1, -0.05) is 24.3 Å². The van der Waals surface area contributed by atoms with Crippen molar-refractivity contribution in [2.45, 2.75) is 44.6 Å². The lowest BCUT2D eigenvalue weighted by Gasteiger charge is -2.27. The summed E-state index contributed by atoms with van der Waals surface area (Å²) in [7, 11) is 1.77. The maximum absolute atomic E-state index is 12.0. The van der Waals surface area contributed by atoms with E-state index in [0.717, 1.165) is 55.8 Å². The third-order valence-corrected chi connectivity index (χ3v) is 6.14. The first kappa shape index (κ1) is 19.2. The Morgan fingerprint density at radius 1 is 1.18 bits per heavy atom. The van der Waals surface area contributed by atoms with Gasteiger partial charge in [-0.15, -0.1) is 0 Å². The van der Waals surface area contributed by atoms with Crippen LogP contribution in [0, 0.1) is 0 Å². The van der Waals surface area contributed by atoms with Crippen LogP contribution >= 0.6 is 0 Å². The minimum Gasteiger partial charge on any atom is -0.496 e. The number of nitrogens with one attached hydrogen (secondary N) is 2. The van der Waals surface area contributed by atoms with E-state index in [-0.39, 0.29) is 5.78 Å². The van der Waals surface area contributed by atoms with Crippen LogP contribution in [0.1, 0.15) is 57.8 Å². The van der Waals surface area contributed by atoms with E-state index in [2.05, 4.69) is 47.0 Å². The molecule has 0 amide bonds. The highest BCUT2D eigenvalue weighted by molar-refractivity contribution is 6.00. The molecule has 2 N–H and O–H groups in total. The zero-order valence-corrected chi connectivity index (χ0v) is 16.7. The number of ketones is 1. The zero-order chi connectivity index (χ0) is 19.3. The van der Waals surface area contributed by atoms with Gasteiger partial charge in [-0.05, 0) is 85.5 Å². The first-order chi connectivity index (χ1) is 13.8. The number of hydrogen-bond acceptors (Lipinski definition) is 4. The lowest BCUT2D eigenvalue weighted by Crippen LogP contribution is -2.29. The van der Waals surface area contributed by atoms with Crippen LogP contribution in [0.5, 0.6) is 5.75 Å². The van der Waals surface area contributed by atoms with Gasteiger partial charge in [0.25, 0.3) is 0 Å². The van der Waals surface area contributed by atoms with Crippen molar-refractivity contribution in [3.8, 4) is 5.75 Å². The van der Waals surface area contributed by atoms with Crippen LogP contribution in [0.2, 0.25) is 0 Å². The van der Waals surface area contributed by atoms with Crippen molar-refractivity contribution in [3.63, 3.8) is 0 Å². The number of rotatable bonds is 7. The molecule has 1 aliphatic carbocycles. The summed E-state index contributed by atoms with van der Waals surface area (Å²) in [4.78, 5) is 12.0. The number of ether oxygens (including phenoxy) is 1. The van der Waals surface area contributed by atoms with Crippen molar-refractivity contribution < 1.29 is 9.53 Å². The molecule has 2 aromatic rings. The summed E-state index contributed by atoms with van der Waals surface area (Å²) >= 11 is 0. The molecule has 0 saturated heterocycles. The molecule has 1 unspecified atom stereocenters. The number of Topliss-reactive ketones (excluding diaryl/α,β-unsaturated/α-hetero) is 1. The van der Waals surface area contributed by atoms with E-state index < -0.39 is 0 Å². The molecule has 0 fully saturated rings. The minimum absolute atomic E-state index is 0.211. The van der Waals surface area contributed by atoms with E-state index in [0.29, 0.717) is 12.5 Å². The smallest absolute Gasteiger partial charge is 0.176 e. The van der Waals surface area contributed by atoms with Crippen molar-refractivity contribution >= 4 is 5.78 Å². The van der Waals surface area contributed by atoms with E-state index >= 15 is 0 Å². The van der Waals surface area contributed by atoms with Gasteiger partial charge in [-0.3, -0.25) is 4.79 Å². The minimum atomic E-state index is 0.211. The highest BCUT2D eigenvalue weighted by Crippen LogP contribution is 2.38. The Kier molecular flexibility index (Phi) is 6.08. The van der Waals surface area contributed by atoms with Gasteiger partial charge in [0.05, 0.1) is 13.7 Å². The molecule has 4 nitrogen and oxygen atoms in total. The molecule has 1 heterocycles. The molecule has 2 aliphatic rings. The van der Waals surface area contributed by atoms with Gasteiger partial charge in [-0.2, -0.15) is 0 Å². The van der Waals surface area contributed by atoms with Crippen LogP contribution in [0.25, 0.3) is 0 Å². The fourth-order valence-electron chi connectivity index (χ4n) is 4.64. The third kappa shape index (κ3) is 4.13. The van der Waals surface area contributed by atoms with Crippen LogP contribution in [0.15, 0.2) is 36.4 Å². The van der Waals surface area contributed by atoms with Crippen molar-refractivity contribution in [3.05, 3.63) is 64.2 Å². The number of methoxy groups -OCH3 is 1. The quantitative estimate of drug-likeness (QED) is 0.723. The molecule has 1 aliphatic heterocycles. The van der Waals surface area contributed by atoms with Gasteiger partial charge in [0.15, 0.2) is 5.78 Å². The van der Waals surface area contributed by atoms with Gasteiger partial charge in [-0.25, -0.2) is 0 Å². The van der Waals surface area contributed by atoms with Crippen molar-refractivity contribution in [2.75, 3.05) is 26.7 Å². The monoisotopic (exact) mass is 378 g/mol. The average Bonchev–Trinajstić information content (AvgIpc) is 2.73. The summed E-state index contributed by atoms with van der Waals surface area (Å²) in [5, 5.41) is 6.75. The van der Waals surface area contributed by atoms with E-state index in [4.69, 9.17) is 4.74 Å². The first-order valence-electron chi connectivity index (χ1n) is 10.5. The second-order valence-electron chi connectivity index (χ2n) is 7.92. The van der Waals surface area contributed by atoms with Crippen molar-refractivity contribution in [1.82, 2.24) is 10.6 Å². The lowest BCUT2D eigenvalue weighted by molar-refractivity contribution is 0.0982. The van der Waals surface area contributed by atoms with Crippen LogP contribution in [-0.4, -0.2) is 32.5 Å². The van der Waals surface area contributed by atoms with Gasteiger partial charge in [0.2, 0.25) is 0 Å². The second kappa shape index (κ2) is 8.89. The van der Waals surface area contributed by atoms with Gasteiger partial charge in [0, 0.05) is 12.1 Å². The summed E-state index contributed by atoms with van der Waals surface area (Å²) in [5.41, 5.74) is 6.17. The van der Waals surface area contributed by atoms with Crippen molar-refractivity contribution in [1.29, 1.82) is 0 Å². The molecule has 4 rings (SSSR count). The van der Waals surface area contributed by atoms with Crippen LogP contribution in [-0.2, 0) is 19.4 Å². The fraction of sp³-hybridized carbons (Fsp3) is 0.458. The predicted molar refractivity (Wildman–Crippen MR) is 112 cm³/mol. The van der Waals surface area contributed by atoms with Crippen LogP contribution in [0.4, 0.5) is 0 Å². The van der Waals surface area contributed by atoms with Crippen molar-refractivity contribution in [2.24, 2.45) is 0 Å². The van der Waals surface area contributed by atoms with Crippen LogP contribution in [0.3, 0.4) is 0 Å². The Morgan fingerprint density at radius 3 is 3.00 bits per heavy atom. The molecule has 4 heteroatoms. The molecule has 0 saturated carbocycles. The Hall–Kier alpha value is -2.17. The zero-order valence-electron chi connectivity index (χ0n) is 16.7. The van der Waals surface area contributed by atoms with Gasteiger partial charge < -0.3 is 15.4 Å². The Balaban J connectivity index is 1.27. The Morgan fingerprint density at radius 2 is 2.11 bits per heavy atom. The molecule has 148 valence electrons. The molecular weight excluding hydrogens is 348 g/mol. The predicted octanol–water partition coefficient (Wildman–Crippen LogP) is 3.62. The number of fused-ring (bicyclic) bond motifs is 2. The fourth-order valence-corrected chi connectivity index (χ4v) is 4.64. The summed E-state index contributed by atoms with van der Waals surface area (Å²) < 4.78 is 5.56. The Labute approximate surface area is 167 Å². The SMILES string of the molecule is COc1cccc2c1CCCC2CCNCCc1ccc2c(c1)C(=O)CNC2. The van der Waals surface area contributed by atoms with E-state index in [1.165, 1.54) is 29.5 Å². The highest BCUT2D eigenvalue weighted by Gasteiger charge is 2.22. The number of carbonyl (C=O) groups excluding carboxylic acids is 1. The largest absolute Gasteiger partial charge is 0.496 e. The molecule has 28 heavy (non-hydrogen) atoms. The highest BCUT2D eigenvalue weighted by atomic mass is 16.5. The third-order valence-electron chi connectivity index (χ3n) is 6.14. The van der Waals surface area contributed by atoms with E-state index in [9.17, 15) is 4.79 Å². The molecule has 0 bridgehead atoms. The Bertz CT molecular complexity index is 846. The molecular formula is C24H30N2O2.